The van der Waals surface area contributed by atoms with Crippen molar-refractivity contribution in [3.05, 3.63) is 60.7 Å². The Morgan fingerprint density at radius 1 is 1.00 bits per heavy atom. The summed E-state index contributed by atoms with van der Waals surface area (Å²) in [6, 6.07) is 11.5. The summed E-state index contributed by atoms with van der Waals surface area (Å²) >= 11 is 0. The van der Waals surface area contributed by atoms with E-state index in [1.807, 2.05) is 43.3 Å². The van der Waals surface area contributed by atoms with Gasteiger partial charge >= 0.3 is 0 Å². The quantitative estimate of drug-likeness (QED) is 0.769. The van der Waals surface area contributed by atoms with Crippen LogP contribution in [0.2, 0.25) is 0 Å². The second kappa shape index (κ2) is 6.68. The highest BCUT2D eigenvalue weighted by Crippen LogP contribution is 2.02. The van der Waals surface area contributed by atoms with Gasteiger partial charge in [-0.15, -0.1) is 0 Å². The van der Waals surface area contributed by atoms with Gasteiger partial charge in [0.25, 0.3) is 0 Å². The standard InChI is InChI=1S/C7H10N2.C5H5N/c1-6(8)7-4-2-3-5-9-7;1-2-4-6-5-3-1/h2-6H,8H2,1H3;1-5H. The molecule has 3 nitrogen and oxygen atoms in total. The van der Waals surface area contributed by atoms with E-state index < -0.39 is 0 Å². The molecule has 0 aliphatic carbocycles. The zero-order valence-electron chi connectivity index (χ0n) is 8.75. The Bertz CT molecular complexity index is 319. The minimum atomic E-state index is 0.0474. The largest absolute Gasteiger partial charge is 0.323 e. The maximum Gasteiger partial charge on any atom is 0.0568 e. The van der Waals surface area contributed by atoms with E-state index in [9.17, 15) is 0 Å². The summed E-state index contributed by atoms with van der Waals surface area (Å²) < 4.78 is 0. The number of aromatic nitrogens is 2. The summed E-state index contributed by atoms with van der Waals surface area (Å²) in [7, 11) is 0. The summed E-state index contributed by atoms with van der Waals surface area (Å²) in [5.41, 5.74) is 6.49. The first-order valence-electron chi connectivity index (χ1n) is 4.82. The van der Waals surface area contributed by atoms with E-state index in [4.69, 9.17) is 5.73 Å². The minimum absolute atomic E-state index is 0.0474. The van der Waals surface area contributed by atoms with Crippen molar-refractivity contribution in [2.75, 3.05) is 0 Å². The van der Waals surface area contributed by atoms with Crippen LogP contribution < -0.4 is 5.73 Å². The van der Waals surface area contributed by atoms with E-state index in [-0.39, 0.29) is 6.04 Å². The van der Waals surface area contributed by atoms with Crippen LogP contribution in [0.4, 0.5) is 0 Å². The fraction of sp³-hybridized carbons (Fsp3) is 0.167. The maximum atomic E-state index is 5.55. The Labute approximate surface area is 90.0 Å². The SMILES string of the molecule is CC(N)c1ccccn1.c1ccncc1. The van der Waals surface area contributed by atoms with Crippen LogP contribution in [0.15, 0.2) is 55.0 Å². The Morgan fingerprint density at radius 3 is 1.93 bits per heavy atom. The molecule has 2 aromatic rings. The zero-order chi connectivity index (χ0) is 10.9. The molecule has 2 aromatic heterocycles. The van der Waals surface area contributed by atoms with Gasteiger partial charge in [-0.1, -0.05) is 12.1 Å². The van der Waals surface area contributed by atoms with Gasteiger partial charge < -0.3 is 5.73 Å². The first-order valence-corrected chi connectivity index (χ1v) is 4.82. The molecule has 3 heteroatoms. The summed E-state index contributed by atoms with van der Waals surface area (Å²) in [5, 5.41) is 0. The average molecular weight is 201 g/mol. The van der Waals surface area contributed by atoms with Gasteiger partial charge in [0.1, 0.15) is 0 Å². The normalized spacial score (nSPS) is 11.1. The highest BCUT2D eigenvalue weighted by atomic mass is 14.7. The monoisotopic (exact) mass is 201 g/mol. The molecule has 0 aromatic carbocycles. The zero-order valence-corrected chi connectivity index (χ0v) is 8.75. The number of nitrogens with two attached hydrogens (primary N) is 1. The molecule has 15 heavy (non-hydrogen) atoms. The molecular formula is C12H15N3. The maximum absolute atomic E-state index is 5.55. The first kappa shape index (κ1) is 11.3. The van der Waals surface area contributed by atoms with Crippen molar-refractivity contribution in [2.45, 2.75) is 13.0 Å². The van der Waals surface area contributed by atoms with E-state index >= 15 is 0 Å². The van der Waals surface area contributed by atoms with E-state index in [1.54, 1.807) is 18.6 Å². The Kier molecular flexibility index (Phi) is 5.04. The molecule has 0 bridgehead atoms. The molecule has 0 saturated heterocycles. The van der Waals surface area contributed by atoms with Crippen molar-refractivity contribution in [3.63, 3.8) is 0 Å². The number of hydrogen-bond donors (Lipinski definition) is 1. The molecule has 0 aliphatic rings. The van der Waals surface area contributed by atoms with Gasteiger partial charge in [0.2, 0.25) is 0 Å². The third-order valence-electron chi connectivity index (χ3n) is 1.72. The molecule has 1 atom stereocenters. The second-order valence-corrected chi connectivity index (χ2v) is 3.07. The van der Waals surface area contributed by atoms with E-state index in [0.29, 0.717) is 0 Å². The second-order valence-electron chi connectivity index (χ2n) is 3.07. The van der Waals surface area contributed by atoms with Crippen LogP contribution >= 0.6 is 0 Å². The molecule has 0 aliphatic heterocycles. The highest BCUT2D eigenvalue weighted by Gasteiger charge is 1.95. The molecule has 0 saturated carbocycles. The van der Waals surface area contributed by atoms with E-state index in [1.165, 1.54) is 0 Å². The summed E-state index contributed by atoms with van der Waals surface area (Å²) in [5.74, 6) is 0. The van der Waals surface area contributed by atoms with Crippen molar-refractivity contribution < 1.29 is 0 Å². The molecule has 1 unspecified atom stereocenters. The lowest BCUT2D eigenvalue weighted by Gasteiger charge is -2.00. The Hall–Kier alpha value is -1.74. The number of rotatable bonds is 1. The molecule has 0 spiro atoms. The number of pyridine rings is 2. The van der Waals surface area contributed by atoms with Crippen LogP contribution in [0.1, 0.15) is 18.7 Å². The molecule has 2 heterocycles. The third-order valence-corrected chi connectivity index (χ3v) is 1.72. The van der Waals surface area contributed by atoms with Crippen molar-refractivity contribution in [2.24, 2.45) is 5.73 Å². The predicted molar refractivity (Wildman–Crippen MR) is 61.1 cm³/mol. The Morgan fingerprint density at radius 2 is 1.67 bits per heavy atom. The van der Waals surface area contributed by atoms with Crippen molar-refractivity contribution in [1.29, 1.82) is 0 Å². The molecule has 0 radical (unpaired) electrons. The summed E-state index contributed by atoms with van der Waals surface area (Å²) in [6.45, 7) is 1.92. The van der Waals surface area contributed by atoms with Gasteiger partial charge in [0.05, 0.1) is 5.69 Å². The van der Waals surface area contributed by atoms with Crippen molar-refractivity contribution in [1.82, 2.24) is 9.97 Å². The number of hydrogen-bond acceptors (Lipinski definition) is 3. The summed E-state index contributed by atoms with van der Waals surface area (Å²) in [6.07, 6.45) is 5.25. The topological polar surface area (TPSA) is 51.8 Å². The van der Waals surface area contributed by atoms with Gasteiger partial charge in [-0.2, -0.15) is 0 Å². The molecule has 78 valence electrons. The van der Waals surface area contributed by atoms with E-state index in [0.717, 1.165) is 5.69 Å². The van der Waals surface area contributed by atoms with Crippen LogP contribution in [0.5, 0.6) is 0 Å². The fourth-order valence-electron chi connectivity index (χ4n) is 0.958. The van der Waals surface area contributed by atoms with Crippen LogP contribution in [0.3, 0.4) is 0 Å². The van der Waals surface area contributed by atoms with Gasteiger partial charge in [-0.25, -0.2) is 0 Å². The van der Waals surface area contributed by atoms with Crippen molar-refractivity contribution >= 4 is 0 Å². The average Bonchev–Trinajstić information content (AvgIpc) is 2.33. The van der Waals surface area contributed by atoms with Crippen molar-refractivity contribution in [3.8, 4) is 0 Å². The van der Waals surface area contributed by atoms with Crippen LogP contribution in [0, 0.1) is 0 Å². The lowest BCUT2D eigenvalue weighted by molar-refractivity contribution is 0.781. The van der Waals surface area contributed by atoms with Gasteiger partial charge in [-0.3, -0.25) is 9.97 Å². The Balaban J connectivity index is 0.000000162. The molecular weight excluding hydrogens is 186 g/mol. The predicted octanol–water partition coefficient (Wildman–Crippen LogP) is 2.18. The smallest absolute Gasteiger partial charge is 0.0568 e. The molecule has 0 fully saturated rings. The van der Waals surface area contributed by atoms with Crippen LogP contribution in [-0.4, -0.2) is 9.97 Å². The van der Waals surface area contributed by atoms with Crippen LogP contribution in [0.25, 0.3) is 0 Å². The van der Waals surface area contributed by atoms with Gasteiger partial charge in [0, 0.05) is 24.6 Å². The molecule has 2 rings (SSSR count). The first-order chi connectivity index (χ1) is 7.30. The lowest BCUT2D eigenvalue weighted by Crippen LogP contribution is -2.06. The highest BCUT2D eigenvalue weighted by molar-refractivity contribution is 5.06. The summed E-state index contributed by atoms with van der Waals surface area (Å²) in [4.78, 5) is 7.84. The lowest BCUT2D eigenvalue weighted by atomic mass is 10.2. The molecule has 0 amide bonds. The van der Waals surface area contributed by atoms with Crippen LogP contribution in [-0.2, 0) is 0 Å². The van der Waals surface area contributed by atoms with E-state index in [2.05, 4.69) is 9.97 Å². The molecule has 2 N–H and O–H groups in total. The van der Waals surface area contributed by atoms with Gasteiger partial charge in [-0.05, 0) is 31.2 Å². The third kappa shape index (κ3) is 4.88. The minimum Gasteiger partial charge on any atom is -0.323 e. The number of nitrogens with zero attached hydrogens (tertiary/aromatic N) is 2. The fourth-order valence-corrected chi connectivity index (χ4v) is 0.958. The van der Waals surface area contributed by atoms with Gasteiger partial charge in [0.15, 0.2) is 0 Å².